The first-order valence-electron chi connectivity index (χ1n) is 24.0. The molecule has 0 N–H and O–H groups in total. The highest BCUT2D eigenvalue weighted by molar-refractivity contribution is 4.53. The van der Waals surface area contributed by atoms with E-state index in [1.54, 1.807) is 0 Å². The van der Waals surface area contributed by atoms with Crippen molar-refractivity contribution in [1.82, 2.24) is 0 Å². The van der Waals surface area contributed by atoms with Crippen LogP contribution in [0.2, 0.25) is 0 Å². The molecule has 0 aromatic rings. The molecule has 0 radical (unpaired) electrons. The lowest BCUT2D eigenvalue weighted by Crippen LogP contribution is -2.41. The van der Waals surface area contributed by atoms with Crippen LogP contribution in [0.3, 0.4) is 0 Å². The van der Waals surface area contributed by atoms with E-state index < -0.39 is 0 Å². The van der Waals surface area contributed by atoms with Crippen LogP contribution in [0.4, 0.5) is 0 Å². The molecule has 0 aliphatic rings. The zero-order valence-corrected chi connectivity index (χ0v) is 36.6. The number of unbranched alkanes of at least 4 members (excludes halogenated alkanes) is 35. The van der Waals surface area contributed by atoms with Crippen LogP contribution in [0.1, 0.15) is 258 Å². The van der Waals surface area contributed by atoms with Crippen molar-refractivity contribution in [2.75, 3.05) is 54.4 Å². The van der Waals surface area contributed by atoms with E-state index in [-0.39, 0.29) is 0 Å². The fourth-order valence-corrected chi connectivity index (χ4v) is 8.19. The maximum atomic E-state index is 2.48. The van der Waals surface area contributed by atoms with Crippen LogP contribution in [-0.4, -0.2) is 63.3 Å². The summed E-state index contributed by atoms with van der Waals surface area (Å²) in [6, 6.07) is 0. The molecule has 0 spiro atoms. The lowest BCUT2D eigenvalue weighted by Gasteiger charge is -2.30. The van der Waals surface area contributed by atoms with Crippen molar-refractivity contribution < 1.29 is 8.97 Å². The molecule has 0 aromatic carbocycles. The van der Waals surface area contributed by atoms with E-state index in [2.05, 4.69) is 42.0 Å². The highest BCUT2D eigenvalue weighted by atomic mass is 15.3. The minimum atomic E-state index is 1.24. The minimum Gasteiger partial charge on any atom is -0.328 e. The quantitative estimate of drug-likeness (QED) is 0.0437. The maximum absolute atomic E-state index is 2.48. The second kappa shape index (κ2) is 38.6. The van der Waals surface area contributed by atoms with Gasteiger partial charge in [-0.1, -0.05) is 206 Å². The van der Waals surface area contributed by atoms with Crippen LogP contribution in [0.5, 0.6) is 0 Å². The van der Waals surface area contributed by atoms with E-state index in [1.807, 2.05) is 0 Å². The lowest BCUT2D eigenvalue weighted by atomic mass is 10.0. The zero-order chi connectivity index (χ0) is 36.7. The van der Waals surface area contributed by atoms with Crippen molar-refractivity contribution in [3.05, 3.63) is 0 Å². The largest absolute Gasteiger partial charge is 0.328 e. The smallest absolute Gasteiger partial charge is 0.0782 e. The summed E-state index contributed by atoms with van der Waals surface area (Å²) in [7, 11) is 9.89. The first kappa shape index (κ1) is 49.9. The number of quaternary nitrogens is 2. The topological polar surface area (TPSA) is 0 Å². The predicted molar refractivity (Wildman–Crippen MR) is 230 cm³/mol. The van der Waals surface area contributed by atoms with Gasteiger partial charge in [0.15, 0.2) is 0 Å². The Morgan fingerprint density at radius 3 is 0.440 bits per heavy atom. The third-order valence-corrected chi connectivity index (χ3v) is 12.0. The summed E-state index contributed by atoms with van der Waals surface area (Å²) in [4.78, 5) is 0. The van der Waals surface area contributed by atoms with Gasteiger partial charge in [-0.05, 0) is 51.4 Å². The molecule has 0 saturated heterocycles. The van der Waals surface area contributed by atoms with E-state index >= 15 is 0 Å². The third-order valence-electron chi connectivity index (χ3n) is 12.0. The monoisotopic (exact) mass is 707 g/mol. The fourth-order valence-electron chi connectivity index (χ4n) is 8.19. The molecule has 0 rings (SSSR count). The zero-order valence-electron chi connectivity index (χ0n) is 36.6. The Kier molecular flexibility index (Phi) is 38.6. The molecule has 0 aliphatic heterocycles. The van der Waals surface area contributed by atoms with Crippen molar-refractivity contribution in [2.45, 2.75) is 258 Å². The third kappa shape index (κ3) is 40.7. The van der Waals surface area contributed by atoms with E-state index in [0.717, 1.165) is 0 Å². The number of nitrogens with zero attached hydrogens (tertiary/aromatic N) is 2. The number of rotatable bonds is 43. The molecule has 0 bridgehead atoms. The van der Waals surface area contributed by atoms with Gasteiger partial charge in [0.25, 0.3) is 0 Å². The maximum Gasteiger partial charge on any atom is 0.0782 e. The normalized spacial score (nSPS) is 12.4. The minimum absolute atomic E-state index is 1.24. The Balaban J connectivity index is 3.39. The molecule has 0 fully saturated rings. The van der Waals surface area contributed by atoms with Crippen molar-refractivity contribution in [3.63, 3.8) is 0 Å². The van der Waals surface area contributed by atoms with Crippen molar-refractivity contribution in [3.8, 4) is 0 Å². The Labute approximate surface area is 320 Å². The molecule has 0 saturated carbocycles. The Bertz CT molecular complexity index is 626. The molecular formula is C48H102N2+2. The van der Waals surface area contributed by atoms with Gasteiger partial charge in [-0.2, -0.15) is 0 Å². The fraction of sp³-hybridized carbons (Fsp3) is 1.00. The number of hydrogen-bond donors (Lipinski definition) is 0. The second-order valence-corrected chi connectivity index (χ2v) is 18.5. The Morgan fingerprint density at radius 1 is 0.180 bits per heavy atom. The van der Waals surface area contributed by atoms with Crippen LogP contribution in [0.25, 0.3) is 0 Å². The molecular weight excluding hydrogens is 605 g/mol. The van der Waals surface area contributed by atoms with Gasteiger partial charge in [0, 0.05) is 0 Å². The average molecular weight is 707 g/mol. The second-order valence-electron chi connectivity index (χ2n) is 18.5. The predicted octanol–water partition coefficient (Wildman–Crippen LogP) is 16.0. The molecule has 0 atom stereocenters. The van der Waals surface area contributed by atoms with Gasteiger partial charge in [-0.25, -0.2) is 0 Å². The lowest BCUT2D eigenvalue weighted by molar-refractivity contribution is -0.890. The van der Waals surface area contributed by atoms with Crippen LogP contribution < -0.4 is 0 Å². The van der Waals surface area contributed by atoms with Crippen molar-refractivity contribution >= 4 is 0 Å². The summed E-state index contributed by atoms with van der Waals surface area (Å²) in [6.07, 6.45) is 55.5. The first-order valence-corrected chi connectivity index (χ1v) is 24.0. The molecule has 302 valence electrons. The Hall–Kier alpha value is -0.0800. The molecule has 0 aliphatic carbocycles. The van der Waals surface area contributed by atoms with Crippen LogP contribution in [0.15, 0.2) is 0 Å². The summed E-state index contributed by atoms with van der Waals surface area (Å²) in [5.74, 6) is 0. The summed E-state index contributed by atoms with van der Waals surface area (Å²) in [5.41, 5.74) is 0. The highest BCUT2D eigenvalue weighted by Gasteiger charge is 2.15. The molecule has 0 heterocycles. The molecule has 0 aromatic heterocycles. The van der Waals surface area contributed by atoms with E-state index in [1.165, 1.54) is 279 Å². The Morgan fingerprint density at radius 2 is 0.300 bits per heavy atom. The van der Waals surface area contributed by atoms with E-state index in [9.17, 15) is 0 Å². The highest BCUT2D eigenvalue weighted by Crippen LogP contribution is 2.17. The summed E-state index contributed by atoms with van der Waals surface area (Å²) >= 11 is 0. The van der Waals surface area contributed by atoms with E-state index in [4.69, 9.17) is 0 Å². The van der Waals surface area contributed by atoms with Gasteiger partial charge in [0.1, 0.15) is 0 Å². The first-order chi connectivity index (χ1) is 24.3. The number of hydrogen-bond acceptors (Lipinski definition) is 0. The summed E-state index contributed by atoms with van der Waals surface area (Å²) in [5, 5.41) is 0. The van der Waals surface area contributed by atoms with Gasteiger partial charge in [-0.3, -0.25) is 0 Å². The molecule has 0 unspecified atom stereocenters. The molecule has 2 heteroatoms. The van der Waals surface area contributed by atoms with E-state index in [0.29, 0.717) is 0 Å². The molecule has 50 heavy (non-hydrogen) atoms. The van der Waals surface area contributed by atoms with Crippen LogP contribution >= 0.6 is 0 Å². The molecule has 0 amide bonds. The average Bonchev–Trinajstić information content (AvgIpc) is 3.09. The molecule has 2 nitrogen and oxygen atoms in total. The van der Waals surface area contributed by atoms with Crippen LogP contribution in [0, 0.1) is 0 Å². The SMILES string of the molecule is CCCCCCCCCCCCCCCCCCCCCC[N+](C)(C)CCCCCCCCCC[N+](C)(C)CCCCCCCCCCCC. The van der Waals surface area contributed by atoms with Crippen molar-refractivity contribution in [2.24, 2.45) is 0 Å². The van der Waals surface area contributed by atoms with Crippen molar-refractivity contribution in [1.29, 1.82) is 0 Å². The summed E-state index contributed by atoms with van der Waals surface area (Å²) in [6.45, 7) is 10.1. The standard InChI is InChI=1S/C48H102N2/c1-7-9-11-13-15-17-19-20-21-22-23-24-25-26-27-28-30-34-38-42-46-50(5,6)48-44-40-36-32-31-35-39-43-47-49(3,4)45-41-37-33-29-18-16-14-12-10-8-2/h7-48H2,1-6H3/q+2. The van der Waals surface area contributed by atoms with Gasteiger partial charge in [0.05, 0.1) is 54.4 Å². The van der Waals surface area contributed by atoms with Crippen LogP contribution in [-0.2, 0) is 0 Å². The van der Waals surface area contributed by atoms with Gasteiger partial charge >= 0.3 is 0 Å². The van der Waals surface area contributed by atoms with Gasteiger partial charge in [0.2, 0.25) is 0 Å². The summed E-state index contributed by atoms with van der Waals surface area (Å²) < 4.78 is 2.48. The van der Waals surface area contributed by atoms with Gasteiger partial charge in [-0.15, -0.1) is 0 Å². The van der Waals surface area contributed by atoms with Gasteiger partial charge < -0.3 is 8.97 Å².